The lowest BCUT2D eigenvalue weighted by Crippen LogP contribution is -2.36. The number of carbonyl (C=O) groups is 2. The molecule has 148 valence electrons. The van der Waals surface area contributed by atoms with E-state index in [1.165, 1.54) is 4.68 Å². The summed E-state index contributed by atoms with van der Waals surface area (Å²) in [6.45, 7) is 0. The monoisotopic (exact) mass is 431 g/mol. The molecular weight excluding hydrogens is 417 g/mol. The van der Waals surface area contributed by atoms with Crippen LogP contribution in [0, 0.1) is 0 Å². The zero-order valence-electron chi connectivity index (χ0n) is 15.1. The number of hydrogen-bond donors (Lipinski definition) is 2. The zero-order chi connectivity index (χ0) is 20.5. The van der Waals surface area contributed by atoms with Crippen molar-refractivity contribution in [3.05, 3.63) is 52.5 Å². The van der Waals surface area contributed by atoms with E-state index in [1.807, 2.05) is 0 Å². The number of nitrogens with zero attached hydrogens (tertiary/aromatic N) is 3. The van der Waals surface area contributed by atoms with Crippen LogP contribution in [0.4, 0.5) is 11.6 Å². The second kappa shape index (κ2) is 7.73. The summed E-state index contributed by atoms with van der Waals surface area (Å²) in [5.74, 6) is 0.495. The van der Waals surface area contributed by atoms with Gasteiger partial charge in [0.2, 0.25) is 17.8 Å². The third kappa shape index (κ3) is 3.76. The quantitative estimate of drug-likeness (QED) is 0.654. The van der Waals surface area contributed by atoms with Crippen LogP contribution in [0.5, 0.6) is 5.75 Å². The molecule has 0 saturated carbocycles. The molecule has 2 aromatic carbocycles. The Balaban J connectivity index is 1.64. The maximum atomic E-state index is 12.9. The smallest absolute Gasteiger partial charge is 0.249 e. The first kappa shape index (κ1) is 19.2. The van der Waals surface area contributed by atoms with Crippen LogP contribution in [0.25, 0.3) is 11.4 Å². The number of carbonyl (C=O) groups excluding carboxylic acids is 2. The molecule has 8 nitrogen and oxygen atoms in total. The highest BCUT2D eigenvalue weighted by Gasteiger charge is 2.33. The molecule has 1 atom stereocenters. The molecule has 1 aliphatic heterocycles. The number of rotatable bonds is 4. The summed E-state index contributed by atoms with van der Waals surface area (Å²) >= 11 is 12.1. The highest BCUT2D eigenvalue weighted by atomic mass is 35.5. The number of fused-ring (bicyclic) bond motifs is 1. The number of ether oxygens (including phenoxy) is 1. The Morgan fingerprint density at radius 1 is 1.24 bits per heavy atom. The maximum absolute atomic E-state index is 12.9. The largest absolute Gasteiger partial charge is 0.497 e. The molecular formula is C19H15Cl2N5O3. The molecule has 10 heteroatoms. The second-order valence-electron chi connectivity index (χ2n) is 6.29. The first-order chi connectivity index (χ1) is 14.0. The van der Waals surface area contributed by atoms with Gasteiger partial charge >= 0.3 is 0 Å². The molecule has 3 aromatic rings. The van der Waals surface area contributed by atoms with Gasteiger partial charge in [-0.25, -0.2) is 4.68 Å². The van der Waals surface area contributed by atoms with Gasteiger partial charge in [0.25, 0.3) is 0 Å². The van der Waals surface area contributed by atoms with Gasteiger partial charge in [0, 0.05) is 5.56 Å². The van der Waals surface area contributed by atoms with Crippen LogP contribution in [-0.2, 0) is 9.59 Å². The molecule has 1 aromatic heterocycles. The van der Waals surface area contributed by atoms with Gasteiger partial charge in [0.15, 0.2) is 5.82 Å². The SMILES string of the molecule is COc1ccc(-c2nc3n(n2)[C@H](C(=O)Nc2cccc(Cl)c2Cl)CC(=O)N3)cc1. The van der Waals surface area contributed by atoms with E-state index in [-0.39, 0.29) is 23.3 Å². The summed E-state index contributed by atoms with van der Waals surface area (Å²) in [6, 6.07) is 11.2. The average Bonchev–Trinajstić information content (AvgIpc) is 3.14. The summed E-state index contributed by atoms with van der Waals surface area (Å²) in [7, 11) is 1.58. The number of amides is 2. The summed E-state index contributed by atoms with van der Waals surface area (Å²) in [6.07, 6.45) is -0.0809. The number of halogens is 2. The highest BCUT2D eigenvalue weighted by molar-refractivity contribution is 6.44. The van der Waals surface area contributed by atoms with Crippen LogP contribution in [-0.4, -0.2) is 33.7 Å². The van der Waals surface area contributed by atoms with E-state index < -0.39 is 11.9 Å². The lowest BCUT2D eigenvalue weighted by atomic mass is 10.1. The fraction of sp³-hybridized carbons (Fsp3) is 0.158. The molecule has 2 heterocycles. The number of aromatic nitrogens is 3. The maximum Gasteiger partial charge on any atom is 0.249 e. The van der Waals surface area contributed by atoms with Gasteiger partial charge in [-0.05, 0) is 36.4 Å². The summed E-state index contributed by atoms with van der Waals surface area (Å²) in [5.41, 5.74) is 1.08. The van der Waals surface area contributed by atoms with E-state index in [0.717, 1.165) is 5.56 Å². The van der Waals surface area contributed by atoms with E-state index in [1.54, 1.807) is 49.6 Å². The van der Waals surface area contributed by atoms with Gasteiger partial charge in [0.05, 0.1) is 29.3 Å². The Morgan fingerprint density at radius 2 is 2.00 bits per heavy atom. The van der Waals surface area contributed by atoms with Gasteiger partial charge in [-0.1, -0.05) is 29.3 Å². The Kier molecular flexibility index (Phi) is 5.12. The molecule has 0 radical (unpaired) electrons. The van der Waals surface area contributed by atoms with Gasteiger partial charge in [-0.3, -0.25) is 14.9 Å². The molecule has 0 saturated heterocycles. The van der Waals surface area contributed by atoms with Crippen LogP contribution in [0.1, 0.15) is 12.5 Å². The fourth-order valence-corrected chi connectivity index (χ4v) is 3.29. The third-order valence-corrected chi connectivity index (χ3v) is 5.24. The standard InChI is InChI=1S/C19H15Cl2N5O3/c1-29-11-7-5-10(6-8-11)17-24-19-23-15(27)9-14(26(19)25-17)18(28)22-13-4-2-3-12(20)16(13)21/h2-8,14H,9H2,1H3,(H,22,28)(H,23,24,25,27)/t14-/m0/s1. The van der Waals surface area contributed by atoms with Crippen molar-refractivity contribution in [1.82, 2.24) is 14.8 Å². The average molecular weight is 432 g/mol. The summed E-state index contributed by atoms with van der Waals surface area (Å²) < 4.78 is 6.54. The lowest BCUT2D eigenvalue weighted by Gasteiger charge is -2.22. The van der Waals surface area contributed by atoms with Crippen molar-refractivity contribution < 1.29 is 14.3 Å². The first-order valence-electron chi connectivity index (χ1n) is 8.62. The molecule has 2 N–H and O–H groups in total. The van der Waals surface area contributed by atoms with Crippen molar-refractivity contribution in [1.29, 1.82) is 0 Å². The van der Waals surface area contributed by atoms with E-state index in [4.69, 9.17) is 27.9 Å². The fourth-order valence-electron chi connectivity index (χ4n) is 2.95. The number of methoxy groups -OCH3 is 1. The predicted molar refractivity (Wildman–Crippen MR) is 109 cm³/mol. The van der Waals surface area contributed by atoms with Crippen LogP contribution >= 0.6 is 23.2 Å². The van der Waals surface area contributed by atoms with Crippen molar-refractivity contribution >= 4 is 46.7 Å². The van der Waals surface area contributed by atoms with E-state index in [2.05, 4.69) is 20.7 Å². The highest BCUT2D eigenvalue weighted by Crippen LogP contribution is 2.32. The molecule has 0 fully saturated rings. The Morgan fingerprint density at radius 3 is 2.72 bits per heavy atom. The third-order valence-electron chi connectivity index (χ3n) is 4.42. The molecule has 1 aliphatic rings. The van der Waals surface area contributed by atoms with Crippen molar-refractivity contribution in [3.8, 4) is 17.1 Å². The van der Waals surface area contributed by atoms with E-state index >= 15 is 0 Å². The molecule has 0 aliphatic carbocycles. The topological polar surface area (TPSA) is 98.1 Å². The summed E-state index contributed by atoms with van der Waals surface area (Å²) in [4.78, 5) is 29.3. The molecule has 0 bridgehead atoms. The van der Waals surface area contributed by atoms with Crippen molar-refractivity contribution in [3.63, 3.8) is 0 Å². The van der Waals surface area contributed by atoms with Crippen LogP contribution < -0.4 is 15.4 Å². The van der Waals surface area contributed by atoms with Crippen molar-refractivity contribution in [2.75, 3.05) is 17.7 Å². The lowest BCUT2D eigenvalue weighted by molar-refractivity contribution is -0.125. The Hall–Kier alpha value is -3.10. The minimum absolute atomic E-state index is 0.0809. The van der Waals surface area contributed by atoms with E-state index in [9.17, 15) is 9.59 Å². The number of nitrogens with one attached hydrogen (secondary N) is 2. The van der Waals surface area contributed by atoms with Crippen LogP contribution in [0.3, 0.4) is 0 Å². The van der Waals surface area contributed by atoms with Crippen LogP contribution in [0.2, 0.25) is 10.0 Å². The molecule has 2 amide bonds. The summed E-state index contributed by atoms with van der Waals surface area (Å²) in [5, 5.41) is 10.3. The molecule has 0 unspecified atom stereocenters. The second-order valence-corrected chi connectivity index (χ2v) is 7.08. The number of hydrogen-bond acceptors (Lipinski definition) is 5. The minimum Gasteiger partial charge on any atom is -0.497 e. The molecule has 4 rings (SSSR count). The number of benzene rings is 2. The zero-order valence-corrected chi connectivity index (χ0v) is 16.7. The van der Waals surface area contributed by atoms with Crippen molar-refractivity contribution in [2.24, 2.45) is 0 Å². The normalized spacial score (nSPS) is 15.4. The number of anilines is 2. The predicted octanol–water partition coefficient (Wildman–Crippen LogP) is 3.78. The van der Waals surface area contributed by atoms with Gasteiger partial charge < -0.3 is 10.1 Å². The first-order valence-corrected chi connectivity index (χ1v) is 9.37. The minimum atomic E-state index is -0.881. The van der Waals surface area contributed by atoms with Gasteiger partial charge in [-0.15, -0.1) is 5.10 Å². The van der Waals surface area contributed by atoms with Gasteiger partial charge in [0.1, 0.15) is 11.8 Å². The van der Waals surface area contributed by atoms with Gasteiger partial charge in [-0.2, -0.15) is 4.98 Å². The molecule has 0 spiro atoms. The Bertz CT molecular complexity index is 1100. The molecule has 29 heavy (non-hydrogen) atoms. The van der Waals surface area contributed by atoms with Crippen LogP contribution in [0.15, 0.2) is 42.5 Å². The van der Waals surface area contributed by atoms with E-state index in [0.29, 0.717) is 22.3 Å². The van der Waals surface area contributed by atoms with Crippen molar-refractivity contribution in [2.45, 2.75) is 12.5 Å². The Labute approximate surface area is 175 Å².